The quantitative estimate of drug-likeness (QED) is 0.624. The fourth-order valence-electron chi connectivity index (χ4n) is 2.88. The number of aryl methyl sites for hydroxylation is 1. The van der Waals surface area contributed by atoms with Gasteiger partial charge in [0.15, 0.2) is 0 Å². The summed E-state index contributed by atoms with van der Waals surface area (Å²) in [5.41, 5.74) is 4.69. The molecule has 0 aliphatic heterocycles. The molecule has 0 saturated heterocycles. The van der Waals surface area contributed by atoms with Crippen LogP contribution >= 0.6 is 0 Å². The first-order chi connectivity index (χ1) is 13.1. The highest BCUT2D eigenvalue weighted by Gasteiger charge is 2.09. The van der Waals surface area contributed by atoms with E-state index >= 15 is 0 Å². The van der Waals surface area contributed by atoms with Gasteiger partial charge in [-0.05, 0) is 57.0 Å². The number of hydrogen-bond acceptors (Lipinski definition) is 5. The number of anilines is 3. The van der Waals surface area contributed by atoms with Crippen molar-refractivity contribution in [1.82, 2.24) is 10.3 Å². The van der Waals surface area contributed by atoms with Gasteiger partial charge in [0.25, 0.3) is 5.91 Å². The maximum Gasteiger partial charge on any atom is 0.252 e. The molecule has 1 amide bonds. The lowest BCUT2D eigenvalue weighted by atomic mass is 10.1. The Kier molecular flexibility index (Phi) is 8.07. The van der Waals surface area contributed by atoms with E-state index in [1.807, 2.05) is 6.07 Å². The third kappa shape index (κ3) is 5.96. The molecule has 6 nitrogen and oxygen atoms in total. The van der Waals surface area contributed by atoms with Crippen LogP contribution in [0.1, 0.15) is 36.2 Å². The topological polar surface area (TPSA) is 66.5 Å². The van der Waals surface area contributed by atoms with Gasteiger partial charge in [0.2, 0.25) is 0 Å². The molecule has 0 fully saturated rings. The molecule has 146 valence electrons. The number of hydrogen-bond donors (Lipinski definition) is 2. The number of ether oxygens (including phenoxy) is 1. The van der Waals surface area contributed by atoms with E-state index in [2.05, 4.69) is 59.5 Å². The summed E-state index contributed by atoms with van der Waals surface area (Å²) in [5, 5.41) is 6.24. The fourth-order valence-corrected chi connectivity index (χ4v) is 2.88. The van der Waals surface area contributed by atoms with E-state index in [0.29, 0.717) is 18.7 Å². The average molecular weight is 370 g/mol. The lowest BCUT2D eigenvalue weighted by Crippen LogP contribution is -2.25. The highest BCUT2D eigenvalue weighted by molar-refractivity contribution is 5.94. The van der Waals surface area contributed by atoms with Crippen LogP contribution in [-0.2, 0) is 4.74 Å². The number of rotatable bonds is 10. The zero-order valence-electron chi connectivity index (χ0n) is 16.7. The number of carbonyl (C=O) groups is 1. The minimum Gasteiger partial charge on any atom is -0.385 e. The molecule has 27 heavy (non-hydrogen) atoms. The SMILES string of the molecule is CCN(CC)c1ccc(Nc2cncc(C(=O)NCCCOC)c2)c(C)c1. The van der Waals surface area contributed by atoms with Crippen LogP contribution in [0.25, 0.3) is 0 Å². The van der Waals surface area contributed by atoms with Crippen molar-refractivity contribution >= 4 is 23.0 Å². The smallest absolute Gasteiger partial charge is 0.252 e. The first-order valence-electron chi connectivity index (χ1n) is 9.43. The number of nitrogens with zero attached hydrogens (tertiary/aromatic N) is 2. The molecule has 2 aromatic rings. The van der Waals surface area contributed by atoms with Crippen LogP contribution in [0, 0.1) is 6.92 Å². The number of aromatic nitrogens is 1. The molecule has 0 saturated carbocycles. The predicted octanol–water partition coefficient (Wildman–Crippen LogP) is 3.75. The molecule has 1 aromatic carbocycles. The molecular formula is C21H30N4O2. The van der Waals surface area contributed by atoms with E-state index in [0.717, 1.165) is 36.4 Å². The van der Waals surface area contributed by atoms with Gasteiger partial charge in [-0.15, -0.1) is 0 Å². The second kappa shape index (κ2) is 10.5. The number of benzene rings is 1. The lowest BCUT2D eigenvalue weighted by molar-refractivity contribution is 0.0948. The number of pyridine rings is 1. The van der Waals surface area contributed by atoms with E-state index in [1.54, 1.807) is 19.5 Å². The van der Waals surface area contributed by atoms with Gasteiger partial charge in [-0.3, -0.25) is 9.78 Å². The van der Waals surface area contributed by atoms with Crippen molar-refractivity contribution in [3.05, 3.63) is 47.8 Å². The van der Waals surface area contributed by atoms with Crippen molar-refractivity contribution in [2.75, 3.05) is 43.6 Å². The number of carbonyl (C=O) groups excluding carboxylic acids is 1. The Balaban J connectivity index is 2.06. The highest BCUT2D eigenvalue weighted by Crippen LogP contribution is 2.25. The molecule has 2 N–H and O–H groups in total. The molecule has 6 heteroatoms. The summed E-state index contributed by atoms with van der Waals surface area (Å²) >= 11 is 0. The number of methoxy groups -OCH3 is 1. The normalized spacial score (nSPS) is 10.5. The summed E-state index contributed by atoms with van der Waals surface area (Å²) < 4.78 is 4.99. The molecule has 0 aliphatic rings. The van der Waals surface area contributed by atoms with Crippen LogP contribution in [-0.4, -0.2) is 44.2 Å². The van der Waals surface area contributed by atoms with E-state index in [1.165, 1.54) is 5.69 Å². The van der Waals surface area contributed by atoms with Gasteiger partial charge in [0.05, 0.1) is 17.4 Å². The Bertz CT molecular complexity index is 745. The van der Waals surface area contributed by atoms with Crippen LogP contribution in [0.4, 0.5) is 17.1 Å². The zero-order valence-corrected chi connectivity index (χ0v) is 16.7. The molecule has 1 heterocycles. The second-order valence-electron chi connectivity index (χ2n) is 6.36. The molecule has 0 atom stereocenters. The lowest BCUT2D eigenvalue weighted by Gasteiger charge is -2.22. The standard InChI is InChI=1S/C21H30N4O2/c1-5-25(6-2)19-8-9-20(16(3)12-19)24-18-13-17(14-22-15-18)21(26)23-10-7-11-27-4/h8-9,12-15,24H,5-7,10-11H2,1-4H3,(H,23,26). The van der Waals surface area contributed by atoms with Crippen molar-refractivity contribution in [2.45, 2.75) is 27.2 Å². The van der Waals surface area contributed by atoms with E-state index in [-0.39, 0.29) is 5.91 Å². The Hall–Kier alpha value is -2.60. The van der Waals surface area contributed by atoms with Gasteiger partial charge < -0.3 is 20.3 Å². The molecule has 0 spiro atoms. The van der Waals surface area contributed by atoms with Crippen molar-refractivity contribution in [3.8, 4) is 0 Å². The number of amides is 1. The van der Waals surface area contributed by atoms with Crippen molar-refractivity contribution < 1.29 is 9.53 Å². The number of nitrogens with one attached hydrogen (secondary N) is 2. The first kappa shape index (κ1) is 20.7. The minimum absolute atomic E-state index is 0.129. The largest absolute Gasteiger partial charge is 0.385 e. The van der Waals surface area contributed by atoms with Crippen molar-refractivity contribution in [1.29, 1.82) is 0 Å². The summed E-state index contributed by atoms with van der Waals surface area (Å²) in [5.74, 6) is -0.129. The zero-order chi connectivity index (χ0) is 19.6. The maximum absolute atomic E-state index is 12.2. The molecule has 0 radical (unpaired) electrons. The fraction of sp³-hybridized carbons (Fsp3) is 0.429. The van der Waals surface area contributed by atoms with Crippen molar-refractivity contribution in [2.24, 2.45) is 0 Å². The Morgan fingerprint density at radius 3 is 2.63 bits per heavy atom. The Labute approximate surface area is 161 Å². The molecular weight excluding hydrogens is 340 g/mol. The van der Waals surface area contributed by atoms with E-state index in [9.17, 15) is 4.79 Å². The second-order valence-corrected chi connectivity index (χ2v) is 6.36. The van der Waals surface area contributed by atoms with Gasteiger partial charge in [-0.2, -0.15) is 0 Å². The molecule has 0 unspecified atom stereocenters. The Morgan fingerprint density at radius 1 is 1.19 bits per heavy atom. The highest BCUT2D eigenvalue weighted by atomic mass is 16.5. The monoisotopic (exact) mass is 370 g/mol. The summed E-state index contributed by atoms with van der Waals surface area (Å²) in [6, 6.07) is 8.17. The van der Waals surface area contributed by atoms with Crippen LogP contribution in [0.2, 0.25) is 0 Å². The molecule has 0 bridgehead atoms. The molecule has 2 rings (SSSR count). The van der Waals surface area contributed by atoms with Gasteiger partial charge in [-0.25, -0.2) is 0 Å². The maximum atomic E-state index is 12.2. The van der Waals surface area contributed by atoms with Crippen LogP contribution < -0.4 is 15.5 Å². The molecule has 1 aromatic heterocycles. The van der Waals surface area contributed by atoms with E-state index in [4.69, 9.17) is 4.74 Å². The van der Waals surface area contributed by atoms with Crippen LogP contribution in [0.3, 0.4) is 0 Å². The Morgan fingerprint density at radius 2 is 1.96 bits per heavy atom. The molecule has 0 aliphatic carbocycles. The average Bonchev–Trinajstić information content (AvgIpc) is 2.68. The summed E-state index contributed by atoms with van der Waals surface area (Å²) in [6.07, 6.45) is 4.08. The first-order valence-corrected chi connectivity index (χ1v) is 9.43. The van der Waals surface area contributed by atoms with Crippen LogP contribution in [0.5, 0.6) is 0 Å². The van der Waals surface area contributed by atoms with Crippen LogP contribution in [0.15, 0.2) is 36.7 Å². The summed E-state index contributed by atoms with van der Waals surface area (Å²) in [4.78, 5) is 18.7. The minimum atomic E-state index is -0.129. The van der Waals surface area contributed by atoms with Gasteiger partial charge in [0.1, 0.15) is 0 Å². The van der Waals surface area contributed by atoms with Gasteiger partial charge >= 0.3 is 0 Å². The third-order valence-corrected chi connectivity index (χ3v) is 4.43. The summed E-state index contributed by atoms with van der Waals surface area (Å²) in [6.45, 7) is 9.56. The van der Waals surface area contributed by atoms with Crippen molar-refractivity contribution in [3.63, 3.8) is 0 Å². The van der Waals surface area contributed by atoms with Gasteiger partial charge in [0, 0.05) is 50.9 Å². The van der Waals surface area contributed by atoms with E-state index < -0.39 is 0 Å². The predicted molar refractivity (Wildman–Crippen MR) is 111 cm³/mol. The third-order valence-electron chi connectivity index (χ3n) is 4.43. The summed E-state index contributed by atoms with van der Waals surface area (Å²) in [7, 11) is 1.65. The van der Waals surface area contributed by atoms with Gasteiger partial charge in [-0.1, -0.05) is 0 Å².